The second-order valence-electron chi connectivity index (χ2n) is 6.67. The van der Waals surface area contributed by atoms with Crippen LogP contribution in [0.15, 0.2) is 34.8 Å². The van der Waals surface area contributed by atoms with Crippen LogP contribution in [0.1, 0.15) is 33.8 Å². The first-order valence-corrected chi connectivity index (χ1v) is 9.81. The zero-order valence-corrected chi connectivity index (χ0v) is 16.3. The van der Waals surface area contributed by atoms with E-state index in [1.54, 1.807) is 24.7 Å². The van der Waals surface area contributed by atoms with Crippen LogP contribution in [0.25, 0.3) is 0 Å². The maximum atomic E-state index is 13.5. The van der Waals surface area contributed by atoms with E-state index >= 15 is 0 Å². The van der Waals surface area contributed by atoms with E-state index in [-0.39, 0.29) is 17.1 Å². The molecule has 0 atom stereocenters. The molecule has 1 aromatic heterocycles. The van der Waals surface area contributed by atoms with Gasteiger partial charge in [0.05, 0.1) is 11.2 Å². The lowest BCUT2D eigenvalue weighted by Gasteiger charge is -2.19. The minimum atomic E-state index is -0.201. The average molecular weight is 390 g/mol. The average Bonchev–Trinajstić information content (AvgIpc) is 3.34. The molecule has 2 aromatic rings. The smallest absolute Gasteiger partial charge is 0.263 e. The first kappa shape index (κ1) is 19.3. The summed E-state index contributed by atoms with van der Waals surface area (Å²) in [5, 5.41) is 9.36. The van der Waals surface area contributed by atoms with Gasteiger partial charge in [0.1, 0.15) is 10.7 Å². The molecule has 27 heavy (non-hydrogen) atoms. The molecule has 1 aliphatic rings. The second kappa shape index (κ2) is 8.47. The predicted octanol–water partition coefficient (Wildman–Crippen LogP) is 2.22. The Kier molecular flexibility index (Phi) is 6.05. The fourth-order valence-electron chi connectivity index (χ4n) is 2.97. The number of hydrogen-bond donors (Lipinski definition) is 3. The number of rotatable bonds is 7. The Morgan fingerprint density at radius 1 is 1.30 bits per heavy atom. The summed E-state index contributed by atoms with van der Waals surface area (Å²) in [6, 6.07) is 6.81. The molecule has 0 saturated heterocycles. The fraction of sp³-hybridized carbons (Fsp3) is 0.421. The summed E-state index contributed by atoms with van der Waals surface area (Å²) in [7, 11) is 1.70. The highest BCUT2D eigenvalue weighted by atomic mass is 32.1. The standard InChI is InChI=1S/C19H24FN5OS/c1-13-16(27-12-25-13)17(26)22-8-9-23-18(21-2)24-11-19(6-7-19)14-4-3-5-15(20)10-14/h3-5,10,12H,6-9,11H2,1-2H3,(H,22,26)(H2,21,23,24). The van der Waals surface area contributed by atoms with E-state index in [2.05, 4.69) is 25.9 Å². The van der Waals surface area contributed by atoms with Gasteiger partial charge in [-0.1, -0.05) is 12.1 Å². The summed E-state index contributed by atoms with van der Waals surface area (Å²) in [6.07, 6.45) is 2.06. The number of guanidine groups is 1. The predicted molar refractivity (Wildman–Crippen MR) is 106 cm³/mol. The Morgan fingerprint density at radius 2 is 2.07 bits per heavy atom. The SMILES string of the molecule is CN=C(NCCNC(=O)c1scnc1C)NCC1(c2cccc(F)c2)CC1. The number of nitrogens with one attached hydrogen (secondary N) is 3. The van der Waals surface area contributed by atoms with Gasteiger partial charge in [-0.25, -0.2) is 9.37 Å². The molecule has 0 aliphatic heterocycles. The Hall–Kier alpha value is -2.48. The molecule has 3 N–H and O–H groups in total. The van der Waals surface area contributed by atoms with Crippen LogP contribution in [-0.4, -0.2) is 43.5 Å². The number of thiazole rings is 1. The van der Waals surface area contributed by atoms with E-state index in [0.717, 1.165) is 24.1 Å². The van der Waals surface area contributed by atoms with Gasteiger partial charge in [-0.2, -0.15) is 0 Å². The summed E-state index contributed by atoms with van der Waals surface area (Å²) < 4.78 is 13.5. The molecule has 0 spiro atoms. The van der Waals surface area contributed by atoms with Gasteiger partial charge in [-0.15, -0.1) is 11.3 Å². The highest BCUT2D eigenvalue weighted by molar-refractivity contribution is 7.11. The fourth-order valence-corrected chi connectivity index (χ4v) is 3.69. The zero-order chi connectivity index (χ0) is 19.3. The highest BCUT2D eigenvalue weighted by Gasteiger charge is 2.44. The first-order valence-electron chi connectivity index (χ1n) is 8.93. The number of amides is 1. The van der Waals surface area contributed by atoms with Gasteiger partial charge in [-0.3, -0.25) is 9.79 Å². The van der Waals surface area contributed by atoms with Gasteiger partial charge < -0.3 is 16.0 Å². The van der Waals surface area contributed by atoms with Crippen molar-refractivity contribution < 1.29 is 9.18 Å². The molecule has 0 bridgehead atoms. The molecular weight excluding hydrogens is 365 g/mol. The van der Waals surface area contributed by atoms with Crippen LogP contribution < -0.4 is 16.0 Å². The van der Waals surface area contributed by atoms with Gasteiger partial charge in [-0.05, 0) is 37.5 Å². The summed E-state index contributed by atoms with van der Waals surface area (Å²) in [5.74, 6) is 0.358. The van der Waals surface area contributed by atoms with Gasteiger partial charge in [0.15, 0.2) is 5.96 Å². The number of halogens is 1. The van der Waals surface area contributed by atoms with Crippen molar-refractivity contribution >= 4 is 23.2 Å². The van der Waals surface area contributed by atoms with Gasteiger partial charge in [0.2, 0.25) is 0 Å². The lowest BCUT2D eigenvalue weighted by molar-refractivity contribution is 0.0957. The molecule has 1 saturated carbocycles. The van der Waals surface area contributed by atoms with Crippen molar-refractivity contribution in [3.8, 4) is 0 Å². The third-order valence-corrected chi connectivity index (χ3v) is 5.69. The Labute approximate surface area is 162 Å². The quantitative estimate of drug-likeness (QED) is 0.385. The topological polar surface area (TPSA) is 78.4 Å². The maximum absolute atomic E-state index is 13.5. The number of benzene rings is 1. The zero-order valence-electron chi connectivity index (χ0n) is 15.5. The monoisotopic (exact) mass is 389 g/mol. The van der Waals surface area contributed by atoms with E-state index < -0.39 is 0 Å². The highest BCUT2D eigenvalue weighted by Crippen LogP contribution is 2.47. The minimum absolute atomic E-state index is 0.0162. The van der Waals surface area contributed by atoms with E-state index in [0.29, 0.717) is 30.5 Å². The third kappa shape index (κ3) is 4.82. The molecule has 1 aliphatic carbocycles. The maximum Gasteiger partial charge on any atom is 0.263 e. The molecule has 0 radical (unpaired) electrons. The molecule has 144 valence electrons. The largest absolute Gasteiger partial charge is 0.356 e. The summed E-state index contributed by atoms with van der Waals surface area (Å²) in [5.41, 5.74) is 3.42. The van der Waals surface area contributed by atoms with Crippen LogP contribution in [0.3, 0.4) is 0 Å². The minimum Gasteiger partial charge on any atom is -0.356 e. The van der Waals surface area contributed by atoms with Gasteiger partial charge >= 0.3 is 0 Å². The lowest BCUT2D eigenvalue weighted by Crippen LogP contribution is -2.44. The first-order chi connectivity index (χ1) is 13.0. The number of nitrogens with zero attached hydrogens (tertiary/aromatic N) is 2. The molecule has 1 fully saturated rings. The third-order valence-electron chi connectivity index (χ3n) is 4.76. The van der Waals surface area contributed by atoms with Crippen LogP contribution in [0.5, 0.6) is 0 Å². The van der Waals surface area contributed by atoms with Crippen LogP contribution >= 0.6 is 11.3 Å². The molecular formula is C19H24FN5OS. The van der Waals surface area contributed by atoms with Gasteiger partial charge in [0, 0.05) is 32.1 Å². The number of aromatic nitrogens is 1. The van der Waals surface area contributed by atoms with E-state index in [4.69, 9.17) is 0 Å². The molecule has 1 aromatic carbocycles. The molecule has 1 heterocycles. The number of carbonyl (C=O) groups is 1. The van der Waals surface area contributed by atoms with Crippen molar-refractivity contribution in [3.05, 3.63) is 51.7 Å². The van der Waals surface area contributed by atoms with Crippen molar-refractivity contribution in [2.24, 2.45) is 4.99 Å². The van der Waals surface area contributed by atoms with E-state index in [1.807, 2.05) is 13.0 Å². The molecule has 3 rings (SSSR count). The number of aryl methyl sites for hydroxylation is 1. The number of hydrogen-bond acceptors (Lipinski definition) is 4. The van der Waals surface area contributed by atoms with Crippen LogP contribution in [-0.2, 0) is 5.41 Å². The number of carbonyl (C=O) groups excluding carboxylic acids is 1. The Morgan fingerprint density at radius 3 is 2.70 bits per heavy atom. The second-order valence-corrected chi connectivity index (χ2v) is 7.52. The summed E-state index contributed by atoms with van der Waals surface area (Å²) in [4.78, 5) is 21.0. The Bertz CT molecular complexity index is 831. The molecule has 0 unspecified atom stereocenters. The number of aliphatic imine (C=N–C) groups is 1. The summed E-state index contributed by atoms with van der Waals surface area (Å²) >= 11 is 1.34. The van der Waals surface area contributed by atoms with Crippen molar-refractivity contribution in [1.82, 2.24) is 20.9 Å². The lowest BCUT2D eigenvalue weighted by atomic mass is 9.96. The molecule has 1 amide bonds. The van der Waals surface area contributed by atoms with Crippen molar-refractivity contribution in [1.29, 1.82) is 0 Å². The van der Waals surface area contributed by atoms with Gasteiger partial charge in [0.25, 0.3) is 5.91 Å². The summed E-state index contributed by atoms with van der Waals surface area (Å²) in [6.45, 7) is 3.55. The van der Waals surface area contributed by atoms with Crippen LogP contribution in [0, 0.1) is 12.7 Å². The van der Waals surface area contributed by atoms with Crippen molar-refractivity contribution in [2.75, 3.05) is 26.7 Å². The molecule has 6 nitrogen and oxygen atoms in total. The van der Waals surface area contributed by atoms with Crippen LogP contribution in [0.4, 0.5) is 4.39 Å². The van der Waals surface area contributed by atoms with E-state index in [9.17, 15) is 9.18 Å². The molecule has 8 heteroatoms. The Balaban J connectivity index is 1.42. The van der Waals surface area contributed by atoms with Crippen LogP contribution in [0.2, 0.25) is 0 Å². The van der Waals surface area contributed by atoms with E-state index in [1.165, 1.54) is 17.4 Å². The van der Waals surface area contributed by atoms with Crippen molar-refractivity contribution in [2.45, 2.75) is 25.2 Å². The van der Waals surface area contributed by atoms with Crippen molar-refractivity contribution in [3.63, 3.8) is 0 Å². The normalized spacial score (nSPS) is 15.3.